The second-order valence-electron chi connectivity index (χ2n) is 4.31. The fraction of sp³-hybridized carbons (Fsp3) is 1.00. The van der Waals surface area contributed by atoms with E-state index in [1.807, 2.05) is 0 Å². The molecule has 0 unspecified atom stereocenters. The average Bonchev–Trinajstić information content (AvgIpc) is 2.95. The van der Waals surface area contributed by atoms with Gasteiger partial charge in [-0.2, -0.15) is 0 Å². The van der Waals surface area contributed by atoms with Crippen molar-refractivity contribution in [1.82, 2.24) is 9.80 Å². The number of likely N-dealkylation sites (N-methyl/N-ethyl adjacent to an activating group) is 2. The van der Waals surface area contributed by atoms with E-state index in [1.54, 1.807) is 0 Å². The van der Waals surface area contributed by atoms with Gasteiger partial charge in [-0.25, -0.2) is 0 Å². The van der Waals surface area contributed by atoms with Crippen LogP contribution in [0.15, 0.2) is 0 Å². The molecule has 0 N–H and O–H groups in total. The topological polar surface area (TPSA) is 6.48 Å². The van der Waals surface area contributed by atoms with Crippen molar-refractivity contribution in [3.63, 3.8) is 0 Å². The molecule has 13 heavy (non-hydrogen) atoms. The number of hydrogen-bond donors (Lipinski definition) is 0. The first kappa shape index (κ1) is 11.0. The molecule has 1 saturated carbocycles. The van der Waals surface area contributed by atoms with Crippen molar-refractivity contribution < 1.29 is 0 Å². The van der Waals surface area contributed by atoms with Crippen molar-refractivity contribution >= 4 is 0 Å². The molecule has 0 amide bonds. The van der Waals surface area contributed by atoms with Gasteiger partial charge in [-0.3, -0.25) is 4.90 Å². The minimum atomic E-state index is 0.762. The molecule has 0 aliphatic heterocycles. The first-order valence-electron chi connectivity index (χ1n) is 5.59. The van der Waals surface area contributed by atoms with Gasteiger partial charge in [-0.05, 0) is 39.9 Å². The van der Waals surface area contributed by atoms with Gasteiger partial charge in [0.15, 0.2) is 0 Å². The van der Waals surface area contributed by atoms with Gasteiger partial charge in [0.1, 0.15) is 0 Å². The smallest absolute Gasteiger partial charge is 0.0220 e. The van der Waals surface area contributed by atoms with Gasteiger partial charge in [0.25, 0.3) is 0 Å². The third-order valence-corrected chi connectivity index (χ3v) is 3.23. The van der Waals surface area contributed by atoms with Crippen molar-refractivity contribution in [2.75, 3.05) is 27.2 Å². The van der Waals surface area contributed by atoms with Gasteiger partial charge < -0.3 is 4.90 Å². The summed E-state index contributed by atoms with van der Waals surface area (Å²) < 4.78 is 0. The van der Waals surface area contributed by atoms with Crippen molar-refractivity contribution in [2.45, 2.75) is 45.2 Å². The van der Waals surface area contributed by atoms with Crippen molar-refractivity contribution in [2.24, 2.45) is 0 Å². The van der Waals surface area contributed by atoms with Crippen molar-refractivity contribution in [3.8, 4) is 0 Å². The summed E-state index contributed by atoms with van der Waals surface area (Å²) in [6.07, 6.45) is 4.11. The van der Waals surface area contributed by atoms with E-state index in [2.05, 4.69) is 37.7 Å². The summed E-state index contributed by atoms with van der Waals surface area (Å²) in [6, 6.07) is 1.66. The molecule has 0 aromatic heterocycles. The Morgan fingerprint density at radius 2 is 1.85 bits per heavy atom. The van der Waals surface area contributed by atoms with Crippen LogP contribution < -0.4 is 0 Å². The highest BCUT2D eigenvalue weighted by atomic mass is 15.2. The molecule has 0 aromatic rings. The predicted octanol–water partition coefficient (Wildman–Crippen LogP) is 1.81. The first-order chi connectivity index (χ1) is 6.19. The maximum atomic E-state index is 2.58. The Morgan fingerprint density at radius 1 is 1.23 bits per heavy atom. The van der Waals surface area contributed by atoms with Crippen molar-refractivity contribution in [1.29, 1.82) is 0 Å². The number of nitrogens with zero attached hydrogens (tertiary/aromatic N) is 2. The van der Waals surface area contributed by atoms with Crippen LogP contribution in [0.5, 0.6) is 0 Å². The molecular weight excluding hydrogens is 160 g/mol. The normalized spacial score (nSPS) is 19.8. The van der Waals surface area contributed by atoms with E-state index in [4.69, 9.17) is 0 Å². The minimum absolute atomic E-state index is 0.762. The Bertz CT molecular complexity index is 143. The maximum Gasteiger partial charge on any atom is 0.0220 e. The Kier molecular flexibility index (Phi) is 4.20. The van der Waals surface area contributed by atoms with Crippen LogP contribution in [0.3, 0.4) is 0 Å². The SMILES string of the molecule is CC[C@H](CN(C)CC)N(C)C1CC1. The summed E-state index contributed by atoms with van der Waals surface area (Å²) in [5, 5.41) is 0. The average molecular weight is 184 g/mol. The van der Waals surface area contributed by atoms with Gasteiger partial charge in [-0.1, -0.05) is 13.8 Å². The monoisotopic (exact) mass is 184 g/mol. The van der Waals surface area contributed by atoms with E-state index in [-0.39, 0.29) is 0 Å². The molecule has 1 fully saturated rings. The lowest BCUT2D eigenvalue weighted by atomic mass is 10.2. The van der Waals surface area contributed by atoms with Crippen LogP contribution in [-0.2, 0) is 0 Å². The summed E-state index contributed by atoms with van der Waals surface area (Å²) >= 11 is 0. The first-order valence-corrected chi connectivity index (χ1v) is 5.59. The molecule has 0 spiro atoms. The molecule has 0 heterocycles. The molecule has 0 aromatic carbocycles. The van der Waals surface area contributed by atoms with E-state index in [0.29, 0.717) is 0 Å². The fourth-order valence-corrected chi connectivity index (χ4v) is 1.81. The zero-order valence-electron chi connectivity index (χ0n) is 9.58. The van der Waals surface area contributed by atoms with Crippen LogP contribution in [0, 0.1) is 0 Å². The maximum absolute atomic E-state index is 2.58. The molecule has 1 rings (SSSR count). The highest BCUT2D eigenvalue weighted by molar-refractivity contribution is 4.87. The molecule has 0 radical (unpaired) electrons. The van der Waals surface area contributed by atoms with Gasteiger partial charge in [0, 0.05) is 18.6 Å². The third-order valence-electron chi connectivity index (χ3n) is 3.23. The van der Waals surface area contributed by atoms with Crippen LogP contribution in [-0.4, -0.2) is 49.1 Å². The molecule has 78 valence electrons. The van der Waals surface area contributed by atoms with Gasteiger partial charge in [0.2, 0.25) is 0 Å². The highest BCUT2D eigenvalue weighted by Gasteiger charge is 2.30. The van der Waals surface area contributed by atoms with Gasteiger partial charge in [0.05, 0.1) is 0 Å². The van der Waals surface area contributed by atoms with E-state index in [9.17, 15) is 0 Å². The molecule has 1 atom stereocenters. The largest absolute Gasteiger partial charge is 0.305 e. The standard InChI is InChI=1S/C11H24N2/c1-5-10(9-12(3)6-2)13(4)11-7-8-11/h10-11H,5-9H2,1-4H3/t10-/m1/s1. The third kappa shape index (κ3) is 3.28. The summed E-state index contributed by atoms with van der Waals surface area (Å²) in [5.41, 5.74) is 0. The molecule has 2 heteroatoms. The molecule has 0 saturated heterocycles. The molecular formula is C11H24N2. The highest BCUT2D eigenvalue weighted by Crippen LogP contribution is 2.27. The van der Waals surface area contributed by atoms with Crippen LogP contribution >= 0.6 is 0 Å². The fourth-order valence-electron chi connectivity index (χ4n) is 1.81. The number of hydrogen-bond acceptors (Lipinski definition) is 2. The van der Waals surface area contributed by atoms with Crippen LogP contribution in [0.25, 0.3) is 0 Å². The summed E-state index contributed by atoms with van der Waals surface area (Å²) in [5.74, 6) is 0. The number of rotatable bonds is 6. The quantitative estimate of drug-likeness (QED) is 0.621. The zero-order valence-corrected chi connectivity index (χ0v) is 9.58. The molecule has 0 bridgehead atoms. The minimum Gasteiger partial charge on any atom is -0.305 e. The summed E-state index contributed by atoms with van der Waals surface area (Å²) in [7, 11) is 4.50. The summed E-state index contributed by atoms with van der Waals surface area (Å²) in [6.45, 7) is 6.91. The Balaban J connectivity index is 2.31. The van der Waals surface area contributed by atoms with E-state index in [1.165, 1.54) is 25.8 Å². The summed E-state index contributed by atoms with van der Waals surface area (Å²) in [4.78, 5) is 4.99. The Morgan fingerprint density at radius 3 is 2.23 bits per heavy atom. The predicted molar refractivity (Wildman–Crippen MR) is 58.0 cm³/mol. The Hall–Kier alpha value is -0.0800. The zero-order chi connectivity index (χ0) is 9.84. The van der Waals surface area contributed by atoms with Crippen LogP contribution in [0.1, 0.15) is 33.1 Å². The lowest BCUT2D eigenvalue weighted by Crippen LogP contribution is -2.41. The second kappa shape index (κ2) is 4.97. The molecule has 1 aliphatic carbocycles. The van der Waals surface area contributed by atoms with E-state index < -0.39 is 0 Å². The lowest BCUT2D eigenvalue weighted by Gasteiger charge is -2.30. The van der Waals surface area contributed by atoms with E-state index in [0.717, 1.165) is 18.6 Å². The lowest BCUT2D eigenvalue weighted by molar-refractivity contribution is 0.172. The van der Waals surface area contributed by atoms with Gasteiger partial charge >= 0.3 is 0 Å². The van der Waals surface area contributed by atoms with Crippen LogP contribution in [0.4, 0.5) is 0 Å². The van der Waals surface area contributed by atoms with Gasteiger partial charge in [-0.15, -0.1) is 0 Å². The second-order valence-corrected chi connectivity index (χ2v) is 4.31. The van der Waals surface area contributed by atoms with Crippen LogP contribution in [0.2, 0.25) is 0 Å². The van der Waals surface area contributed by atoms with E-state index >= 15 is 0 Å². The Labute approximate surface area is 82.9 Å². The molecule has 1 aliphatic rings. The van der Waals surface area contributed by atoms with Crippen molar-refractivity contribution in [3.05, 3.63) is 0 Å². The molecule has 2 nitrogen and oxygen atoms in total.